The van der Waals surface area contributed by atoms with Gasteiger partial charge in [-0.2, -0.15) is 0 Å². The van der Waals surface area contributed by atoms with E-state index in [0.29, 0.717) is 0 Å². The van der Waals surface area contributed by atoms with Crippen molar-refractivity contribution in [3.8, 4) is 22.3 Å². The van der Waals surface area contributed by atoms with Gasteiger partial charge in [-0.1, -0.05) is 183 Å². The van der Waals surface area contributed by atoms with Gasteiger partial charge < -0.3 is 19.6 Å². The highest BCUT2D eigenvalue weighted by molar-refractivity contribution is 5.99. The summed E-state index contributed by atoms with van der Waals surface area (Å²) < 4.78 is 0. The van der Waals surface area contributed by atoms with Crippen LogP contribution in [0, 0.1) is 0 Å². The molecule has 2 aliphatic carbocycles. The molecule has 0 radical (unpaired) electrons. The second-order valence-electron chi connectivity index (χ2n) is 21.2. The Bertz CT molecular complexity index is 4020. The first kappa shape index (κ1) is 48.5. The predicted octanol–water partition coefficient (Wildman–Crippen LogP) is 21.6. The number of para-hydroxylation sites is 4. The monoisotopic (exact) mass is 1030 g/mol. The minimum atomic E-state index is 0.0741. The normalized spacial score (nSPS) is 13.1. The summed E-state index contributed by atoms with van der Waals surface area (Å²) in [6, 6.07) is 110. The number of hydrogen-bond acceptors (Lipinski definition) is 4. The molecule has 0 bridgehead atoms. The van der Waals surface area contributed by atoms with Crippen LogP contribution in [0.2, 0.25) is 0 Å². The number of nitrogens with zero attached hydrogens (tertiary/aromatic N) is 4. The molecule has 14 rings (SSSR count). The van der Waals surface area contributed by atoms with Gasteiger partial charge in [0.1, 0.15) is 0 Å². The van der Waals surface area contributed by atoms with Crippen LogP contribution in [0.3, 0.4) is 0 Å². The van der Waals surface area contributed by atoms with Crippen molar-refractivity contribution >= 4 is 79.0 Å². The van der Waals surface area contributed by atoms with Gasteiger partial charge in [-0.05, 0) is 191 Å². The van der Waals surface area contributed by atoms with E-state index in [1.165, 1.54) is 70.8 Å². The van der Waals surface area contributed by atoms with Crippen LogP contribution in [0.15, 0.2) is 303 Å². The van der Waals surface area contributed by atoms with Crippen LogP contribution in [0.25, 0.3) is 33.0 Å². The summed E-state index contributed by atoms with van der Waals surface area (Å²) in [7, 11) is 0. The molecule has 4 heteroatoms. The minimum Gasteiger partial charge on any atom is -0.311 e. The highest BCUT2D eigenvalue weighted by Gasteiger charge is 2.44. The van der Waals surface area contributed by atoms with E-state index in [-0.39, 0.29) is 5.41 Å². The van der Waals surface area contributed by atoms with Crippen molar-refractivity contribution in [2.24, 2.45) is 0 Å². The molecule has 384 valence electrons. The first-order chi connectivity index (χ1) is 39.7. The van der Waals surface area contributed by atoms with E-state index in [2.05, 4.69) is 323 Å². The van der Waals surface area contributed by atoms with Gasteiger partial charge in [0.05, 0.1) is 5.69 Å². The molecule has 12 aromatic rings. The van der Waals surface area contributed by atoms with Gasteiger partial charge in [-0.3, -0.25) is 0 Å². The van der Waals surface area contributed by atoms with E-state index < -0.39 is 0 Å². The van der Waals surface area contributed by atoms with Crippen LogP contribution < -0.4 is 19.6 Å². The molecule has 1 fully saturated rings. The highest BCUT2D eigenvalue weighted by atomic mass is 15.2. The maximum absolute atomic E-state index is 2.51. The fourth-order valence-electron chi connectivity index (χ4n) is 12.9. The number of benzene rings is 12. The smallest absolute Gasteiger partial charge is 0.0540 e. The first-order valence-electron chi connectivity index (χ1n) is 28.2. The van der Waals surface area contributed by atoms with Gasteiger partial charge in [0.2, 0.25) is 0 Å². The second-order valence-corrected chi connectivity index (χ2v) is 21.2. The summed E-state index contributed by atoms with van der Waals surface area (Å²) in [4.78, 5) is 9.48. The number of rotatable bonds is 13. The van der Waals surface area contributed by atoms with Crippen molar-refractivity contribution in [2.75, 3.05) is 19.6 Å². The Morgan fingerprint density at radius 1 is 0.237 bits per heavy atom. The van der Waals surface area contributed by atoms with Gasteiger partial charge >= 0.3 is 0 Å². The fourth-order valence-corrected chi connectivity index (χ4v) is 12.9. The fraction of sp³-hybridized carbons (Fsp3) is 0.0789. The molecule has 80 heavy (non-hydrogen) atoms. The minimum absolute atomic E-state index is 0.0741. The lowest BCUT2D eigenvalue weighted by Crippen LogP contribution is -2.28. The van der Waals surface area contributed by atoms with E-state index in [9.17, 15) is 0 Å². The molecule has 4 nitrogen and oxygen atoms in total. The molecule has 1 spiro atoms. The summed E-state index contributed by atoms with van der Waals surface area (Å²) in [6.07, 6.45) is 6.26. The van der Waals surface area contributed by atoms with E-state index >= 15 is 0 Å². The molecule has 0 saturated heterocycles. The van der Waals surface area contributed by atoms with Crippen LogP contribution >= 0.6 is 0 Å². The highest BCUT2D eigenvalue weighted by Crippen LogP contribution is 2.57. The molecule has 0 atom stereocenters. The molecule has 12 aromatic carbocycles. The van der Waals surface area contributed by atoms with Crippen molar-refractivity contribution in [1.82, 2.24) is 0 Å². The average Bonchev–Trinajstić information content (AvgIpc) is 4.06. The van der Waals surface area contributed by atoms with Gasteiger partial charge in [0.15, 0.2) is 0 Å². The molecule has 0 aliphatic heterocycles. The first-order valence-corrected chi connectivity index (χ1v) is 28.2. The summed E-state index contributed by atoms with van der Waals surface area (Å²) in [5, 5.41) is 2.39. The largest absolute Gasteiger partial charge is 0.311 e. The molecule has 0 unspecified atom stereocenters. The second kappa shape index (κ2) is 21.1. The lowest BCUT2D eigenvalue weighted by atomic mass is 9.68. The van der Waals surface area contributed by atoms with Crippen LogP contribution in [0.5, 0.6) is 0 Å². The number of fused-ring (bicyclic) bond motifs is 6. The van der Waals surface area contributed by atoms with Crippen molar-refractivity contribution in [3.05, 3.63) is 314 Å². The van der Waals surface area contributed by atoms with Crippen LogP contribution in [0.1, 0.15) is 43.2 Å². The third kappa shape index (κ3) is 8.95. The standard InChI is InChI=1S/C76H60N4/c1-6-23-59(24-7-1)77(60-25-8-2-9-26-60)64-47-49-68(50-48-64)80(75-34-20-22-58-21-14-15-31-70(58)75)67-41-37-57(38-42-67)56-35-39-63(40-36-56)78(61-27-10-3-11-28-61)65-43-45-66(46-44-65)79(62-29-12-4-13-30-62)69-51-52-72-71-32-16-17-33-73(71)76(74(72)55-69)53-18-5-19-54-76/h1-4,6-17,20-52,55H,5,18-19,53-54H2. The van der Waals surface area contributed by atoms with Gasteiger partial charge in [-0.25, -0.2) is 0 Å². The molecule has 1 saturated carbocycles. The third-order valence-corrected chi connectivity index (χ3v) is 16.6. The Balaban J connectivity index is 0.777. The van der Waals surface area contributed by atoms with Gasteiger partial charge in [0, 0.05) is 73.4 Å². The van der Waals surface area contributed by atoms with Crippen LogP contribution in [-0.2, 0) is 5.41 Å². The number of anilines is 12. The van der Waals surface area contributed by atoms with E-state index in [1.807, 2.05) is 0 Å². The van der Waals surface area contributed by atoms with Crippen LogP contribution in [0.4, 0.5) is 68.2 Å². The molecular weight excluding hydrogens is 969 g/mol. The van der Waals surface area contributed by atoms with Crippen molar-refractivity contribution in [2.45, 2.75) is 37.5 Å². The summed E-state index contributed by atoms with van der Waals surface area (Å²) in [5.41, 5.74) is 21.5. The molecule has 0 aromatic heterocycles. The summed E-state index contributed by atoms with van der Waals surface area (Å²) in [5.74, 6) is 0. The Morgan fingerprint density at radius 3 is 1.07 bits per heavy atom. The molecular formula is C76H60N4. The van der Waals surface area contributed by atoms with Gasteiger partial charge in [0.25, 0.3) is 0 Å². The maximum Gasteiger partial charge on any atom is 0.0540 e. The van der Waals surface area contributed by atoms with Crippen LogP contribution in [-0.4, -0.2) is 0 Å². The lowest BCUT2D eigenvalue weighted by Gasteiger charge is -2.36. The Labute approximate surface area is 470 Å². The maximum atomic E-state index is 2.51. The lowest BCUT2D eigenvalue weighted by molar-refractivity contribution is 0.353. The molecule has 0 amide bonds. The molecule has 0 heterocycles. The van der Waals surface area contributed by atoms with E-state index in [4.69, 9.17) is 0 Å². The van der Waals surface area contributed by atoms with Crippen molar-refractivity contribution < 1.29 is 0 Å². The Hall–Kier alpha value is -9.90. The van der Waals surface area contributed by atoms with Gasteiger partial charge in [-0.15, -0.1) is 0 Å². The third-order valence-electron chi connectivity index (χ3n) is 16.6. The quantitative estimate of drug-likeness (QED) is 0.114. The van der Waals surface area contributed by atoms with E-state index in [0.717, 1.165) is 73.7 Å². The molecule has 0 N–H and O–H groups in total. The zero-order chi connectivity index (χ0) is 53.2. The summed E-state index contributed by atoms with van der Waals surface area (Å²) in [6.45, 7) is 0. The van der Waals surface area contributed by atoms with E-state index in [1.54, 1.807) is 0 Å². The zero-order valence-electron chi connectivity index (χ0n) is 44.7. The predicted molar refractivity (Wildman–Crippen MR) is 337 cm³/mol. The number of hydrogen-bond donors (Lipinski definition) is 0. The Morgan fingerprint density at radius 2 is 0.588 bits per heavy atom. The topological polar surface area (TPSA) is 13.0 Å². The zero-order valence-corrected chi connectivity index (χ0v) is 44.7. The van der Waals surface area contributed by atoms with Crippen molar-refractivity contribution in [1.29, 1.82) is 0 Å². The summed E-state index contributed by atoms with van der Waals surface area (Å²) >= 11 is 0. The average molecular weight is 1030 g/mol. The molecule has 2 aliphatic rings. The SMILES string of the molecule is c1ccc(N(c2ccc(-c3ccc(N(c4ccc(N(c5ccccc5)c5ccccc5)cc4)c4cccc5ccccc45)cc3)cc2)c2ccc(N(c3ccccc3)c3ccc4c(c3)C3(CCCCC3)c3ccccc3-4)cc2)cc1. The Kier molecular flexibility index (Phi) is 12.8. The van der Waals surface area contributed by atoms with Crippen molar-refractivity contribution in [3.63, 3.8) is 0 Å².